The predicted octanol–water partition coefficient (Wildman–Crippen LogP) is 2.60. The minimum Gasteiger partial charge on any atom is -0.326 e. The molecule has 4 nitrogen and oxygen atoms in total. The number of hydrogen-bond acceptors (Lipinski definition) is 3. The van der Waals surface area contributed by atoms with Crippen LogP contribution in [0.2, 0.25) is 0 Å². The molecule has 0 aliphatic heterocycles. The van der Waals surface area contributed by atoms with Crippen LogP contribution in [0.15, 0.2) is 24.3 Å². The Kier molecular flexibility index (Phi) is 7.92. The fraction of sp³-hybridized carbons (Fsp3) is 0.562. The van der Waals surface area contributed by atoms with Crippen LogP contribution in [0.5, 0.6) is 0 Å². The smallest absolute Gasteiger partial charge is 0.225 e. The van der Waals surface area contributed by atoms with Crippen LogP contribution < -0.4 is 11.1 Å². The molecule has 0 heterocycles. The molecule has 0 spiro atoms. The monoisotopic (exact) mass is 277 g/mol. The van der Waals surface area contributed by atoms with E-state index in [0.29, 0.717) is 13.0 Å². The maximum absolute atomic E-state index is 12.0. The number of benzene rings is 1. The fourth-order valence-corrected chi connectivity index (χ4v) is 2.23. The Hall–Kier alpha value is -1.39. The van der Waals surface area contributed by atoms with E-state index in [1.807, 2.05) is 24.3 Å². The number of hydrogen-bond donors (Lipinski definition) is 2. The van der Waals surface area contributed by atoms with Gasteiger partial charge in [-0.3, -0.25) is 4.79 Å². The highest BCUT2D eigenvalue weighted by molar-refractivity contribution is 5.90. The molecule has 0 bridgehead atoms. The standard InChI is InChI=1S/C16H27N3O/c1-3-9-19(10-4-2)11-8-16(20)18-15-7-5-6-14(12-15)13-17/h5-7,12H,3-4,8-11,13,17H2,1-2H3,(H,18,20). The molecule has 0 saturated heterocycles. The van der Waals surface area contributed by atoms with Gasteiger partial charge in [0.2, 0.25) is 5.91 Å². The van der Waals surface area contributed by atoms with Crippen molar-refractivity contribution in [1.82, 2.24) is 4.90 Å². The zero-order chi connectivity index (χ0) is 14.8. The molecule has 112 valence electrons. The molecule has 0 atom stereocenters. The first-order valence-corrected chi connectivity index (χ1v) is 7.50. The van der Waals surface area contributed by atoms with E-state index in [1.165, 1.54) is 0 Å². The summed E-state index contributed by atoms with van der Waals surface area (Å²) in [5, 5.41) is 2.94. The van der Waals surface area contributed by atoms with E-state index >= 15 is 0 Å². The van der Waals surface area contributed by atoms with E-state index < -0.39 is 0 Å². The second-order valence-electron chi connectivity index (χ2n) is 5.04. The molecule has 20 heavy (non-hydrogen) atoms. The van der Waals surface area contributed by atoms with Gasteiger partial charge in [0, 0.05) is 25.2 Å². The fourth-order valence-electron chi connectivity index (χ4n) is 2.23. The lowest BCUT2D eigenvalue weighted by Gasteiger charge is -2.20. The lowest BCUT2D eigenvalue weighted by Crippen LogP contribution is -2.29. The first kappa shape index (κ1) is 16.7. The first-order valence-electron chi connectivity index (χ1n) is 7.50. The van der Waals surface area contributed by atoms with Gasteiger partial charge in [0.25, 0.3) is 0 Å². The molecule has 1 rings (SSSR count). The van der Waals surface area contributed by atoms with Gasteiger partial charge in [-0.1, -0.05) is 26.0 Å². The largest absolute Gasteiger partial charge is 0.326 e. The Morgan fingerprint density at radius 3 is 2.50 bits per heavy atom. The molecule has 0 unspecified atom stereocenters. The van der Waals surface area contributed by atoms with Crippen molar-refractivity contribution in [3.63, 3.8) is 0 Å². The molecule has 0 saturated carbocycles. The van der Waals surface area contributed by atoms with Crippen molar-refractivity contribution in [3.8, 4) is 0 Å². The summed E-state index contributed by atoms with van der Waals surface area (Å²) in [6.45, 7) is 7.77. The summed E-state index contributed by atoms with van der Waals surface area (Å²) >= 11 is 0. The van der Waals surface area contributed by atoms with Crippen LogP contribution in [0.25, 0.3) is 0 Å². The van der Waals surface area contributed by atoms with Gasteiger partial charge in [0.15, 0.2) is 0 Å². The van der Waals surface area contributed by atoms with Crippen molar-refractivity contribution in [2.75, 3.05) is 25.0 Å². The van der Waals surface area contributed by atoms with Crippen molar-refractivity contribution < 1.29 is 4.79 Å². The predicted molar refractivity (Wildman–Crippen MR) is 84.6 cm³/mol. The number of anilines is 1. The van der Waals surface area contributed by atoms with Crippen LogP contribution in [0, 0.1) is 0 Å². The van der Waals surface area contributed by atoms with E-state index in [1.54, 1.807) is 0 Å². The number of nitrogens with one attached hydrogen (secondary N) is 1. The van der Waals surface area contributed by atoms with E-state index in [2.05, 4.69) is 24.1 Å². The van der Waals surface area contributed by atoms with Gasteiger partial charge >= 0.3 is 0 Å². The second kappa shape index (κ2) is 9.50. The minimum absolute atomic E-state index is 0.0661. The molecule has 3 N–H and O–H groups in total. The van der Waals surface area contributed by atoms with Crippen LogP contribution in [0.1, 0.15) is 38.7 Å². The minimum atomic E-state index is 0.0661. The molecule has 0 aliphatic rings. The Labute approximate surface area is 122 Å². The van der Waals surface area contributed by atoms with Gasteiger partial charge in [0.1, 0.15) is 0 Å². The Morgan fingerprint density at radius 1 is 1.20 bits per heavy atom. The zero-order valence-corrected chi connectivity index (χ0v) is 12.7. The third-order valence-electron chi connectivity index (χ3n) is 3.18. The number of amides is 1. The lowest BCUT2D eigenvalue weighted by atomic mass is 10.2. The van der Waals surface area contributed by atoms with Crippen LogP contribution in [-0.4, -0.2) is 30.4 Å². The van der Waals surface area contributed by atoms with Crippen molar-refractivity contribution in [3.05, 3.63) is 29.8 Å². The summed E-state index contributed by atoms with van der Waals surface area (Å²) in [5.74, 6) is 0.0661. The Balaban J connectivity index is 2.42. The van der Waals surface area contributed by atoms with E-state index in [9.17, 15) is 4.79 Å². The number of rotatable bonds is 9. The molecule has 0 aliphatic carbocycles. The van der Waals surface area contributed by atoms with Gasteiger partial charge < -0.3 is 16.0 Å². The maximum atomic E-state index is 12.0. The van der Waals surface area contributed by atoms with Gasteiger partial charge in [0.05, 0.1) is 0 Å². The Morgan fingerprint density at radius 2 is 1.90 bits per heavy atom. The maximum Gasteiger partial charge on any atom is 0.225 e. The SMILES string of the molecule is CCCN(CCC)CCC(=O)Nc1cccc(CN)c1. The average Bonchev–Trinajstić information content (AvgIpc) is 2.45. The van der Waals surface area contributed by atoms with Crippen LogP contribution in [0.3, 0.4) is 0 Å². The molecule has 1 aromatic rings. The van der Waals surface area contributed by atoms with Crippen LogP contribution in [0.4, 0.5) is 5.69 Å². The molecular formula is C16H27N3O. The van der Waals surface area contributed by atoms with Crippen molar-refractivity contribution in [1.29, 1.82) is 0 Å². The van der Waals surface area contributed by atoms with Crippen LogP contribution in [-0.2, 0) is 11.3 Å². The van der Waals surface area contributed by atoms with E-state index in [-0.39, 0.29) is 5.91 Å². The third-order valence-corrected chi connectivity index (χ3v) is 3.18. The number of carbonyl (C=O) groups is 1. The molecule has 1 amide bonds. The summed E-state index contributed by atoms with van der Waals surface area (Å²) in [7, 11) is 0. The molecule has 4 heteroatoms. The lowest BCUT2D eigenvalue weighted by molar-refractivity contribution is -0.116. The summed E-state index contributed by atoms with van der Waals surface area (Å²) in [6.07, 6.45) is 2.78. The van der Waals surface area contributed by atoms with E-state index in [4.69, 9.17) is 5.73 Å². The Bertz CT molecular complexity index is 400. The van der Waals surface area contributed by atoms with Gasteiger partial charge in [-0.15, -0.1) is 0 Å². The van der Waals surface area contributed by atoms with Crippen molar-refractivity contribution >= 4 is 11.6 Å². The second-order valence-corrected chi connectivity index (χ2v) is 5.04. The first-order chi connectivity index (χ1) is 9.69. The summed E-state index contributed by atoms with van der Waals surface area (Å²) in [6, 6.07) is 7.69. The number of nitrogens with zero attached hydrogens (tertiary/aromatic N) is 1. The highest BCUT2D eigenvalue weighted by Gasteiger charge is 2.07. The normalized spacial score (nSPS) is 10.8. The highest BCUT2D eigenvalue weighted by Crippen LogP contribution is 2.10. The topological polar surface area (TPSA) is 58.4 Å². The van der Waals surface area contributed by atoms with Gasteiger partial charge in [-0.2, -0.15) is 0 Å². The van der Waals surface area contributed by atoms with Crippen molar-refractivity contribution in [2.45, 2.75) is 39.7 Å². The van der Waals surface area contributed by atoms with Crippen molar-refractivity contribution in [2.24, 2.45) is 5.73 Å². The molecule has 0 aromatic heterocycles. The molecule has 1 aromatic carbocycles. The van der Waals surface area contributed by atoms with Crippen LogP contribution >= 0.6 is 0 Å². The van der Waals surface area contributed by atoms with E-state index in [0.717, 1.165) is 43.7 Å². The summed E-state index contributed by atoms with van der Waals surface area (Å²) < 4.78 is 0. The molecule has 0 fully saturated rings. The number of carbonyl (C=O) groups excluding carboxylic acids is 1. The highest BCUT2D eigenvalue weighted by atomic mass is 16.1. The quantitative estimate of drug-likeness (QED) is 0.729. The van der Waals surface area contributed by atoms with Gasteiger partial charge in [-0.25, -0.2) is 0 Å². The van der Waals surface area contributed by atoms with Gasteiger partial charge in [-0.05, 0) is 43.6 Å². The number of nitrogens with two attached hydrogens (primary N) is 1. The molecular weight excluding hydrogens is 250 g/mol. The average molecular weight is 277 g/mol. The molecule has 0 radical (unpaired) electrons. The summed E-state index contributed by atoms with van der Waals surface area (Å²) in [5.41, 5.74) is 7.45. The summed E-state index contributed by atoms with van der Waals surface area (Å²) in [4.78, 5) is 14.3. The zero-order valence-electron chi connectivity index (χ0n) is 12.7. The third kappa shape index (κ3) is 6.17.